The van der Waals surface area contributed by atoms with Gasteiger partial charge >= 0.3 is 0 Å². The van der Waals surface area contributed by atoms with Crippen LogP contribution in [0, 0.1) is 4.91 Å². The van der Waals surface area contributed by atoms with Crippen LogP contribution in [0.2, 0.25) is 0 Å². The fourth-order valence-corrected chi connectivity index (χ4v) is 3.01. The molecule has 3 heterocycles. The quantitative estimate of drug-likeness (QED) is 0.713. The molecule has 0 bridgehead atoms. The van der Waals surface area contributed by atoms with Crippen molar-refractivity contribution in [2.45, 2.75) is 38.8 Å². The smallest absolute Gasteiger partial charge is 0.227 e. The predicted octanol–water partition coefficient (Wildman–Crippen LogP) is 3.45. The van der Waals surface area contributed by atoms with Crippen molar-refractivity contribution in [3.05, 3.63) is 29.4 Å². The highest BCUT2D eigenvalue weighted by atomic mass is 16.5. The van der Waals surface area contributed by atoms with Crippen molar-refractivity contribution in [3.8, 4) is 0 Å². The van der Waals surface area contributed by atoms with Gasteiger partial charge in [-0.15, -0.1) is 4.91 Å². The van der Waals surface area contributed by atoms with Gasteiger partial charge in [-0.1, -0.05) is 0 Å². The van der Waals surface area contributed by atoms with Crippen LogP contribution in [0.25, 0.3) is 0 Å². The Hall–Kier alpha value is -2.81. The van der Waals surface area contributed by atoms with Gasteiger partial charge < -0.3 is 20.3 Å². The van der Waals surface area contributed by atoms with Gasteiger partial charge in [0.2, 0.25) is 5.95 Å². The molecule has 0 radical (unpaired) electrons. The number of hydrogen-bond acceptors (Lipinski definition) is 9. The minimum absolute atomic E-state index is 0.168. The van der Waals surface area contributed by atoms with Crippen molar-refractivity contribution < 1.29 is 4.74 Å². The number of piperidine rings is 1. The minimum Gasteiger partial charge on any atom is -0.381 e. The Balaban J connectivity index is 1.73. The molecule has 3 rings (SSSR count). The molecule has 0 unspecified atom stereocenters. The Morgan fingerprint density at radius 3 is 2.70 bits per heavy atom. The van der Waals surface area contributed by atoms with Gasteiger partial charge in [-0.25, -0.2) is 9.97 Å². The second-order valence-corrected chi connectivity index (χ2v) is 6.77. The third-order valence-corrected chi connectivity index (χ3v) is 4.38. The Morgan fingerprint density at radius 1 is 1.26 bits per heavy atom. The number of nitrogens with one attached hydrogen (secondary N) is 2. The first-order valence-corrected chi connectivity index (χ1v) is 9.06. The molecule has 27 heavy (non-hydrogen) atoms. The summed E-state index contributed by atoms with van der Waals surface area (Å²) in [5.74, 6) is 1.90. The maximum absolute atomic E-state index is 11.0. The number of pyridine rings is 1. The van der Waals surface area contributed by atoms with Gasteiger partial charge in [0.15, 0.2) is 0 Å². The van der Waals surface area contributed by atoms with Crippen LogP contribution in [0.1, 0.15) is 26.7 Å². The summed E-state index contributed by atoms with van der Waals surface area (Å²) in [5.41, 5.74) is 0.909. The van der Waals surface area contributed by atoms with E-state index in [4.69, 9.17) is 4.74 Å². The molecular weight excluding hydrogens is 346 g/mol. The number of nitrogens with zero attached hydrogens (tertiary/aromatic N) is 5. The maximum atomic E-state index is 11.0. The summed E-state index contributed by atoms with van der Waals surface area (Å²) < 4.78 is 5.41. The maximum Gasteiger partial charge on any atom is 0.227 e. The van der Waals surface area contributed by atoms with E-state index in [1.165, 1.54) is 6.20 Å². The van der Waals surface area contributed by atoms with Gasteiger partial charge in [-0.3, -0.25) is 0 Å². The van der Waals surface area contributed by atoms with E-state index in [0.29, 0.717) is 29.4 Å². The molecule has 0 atom stereocenters. The topological polar surface area (TPSA) is 105 Å². The number of hydrogen-bond donors (Lipinski definition) is 2. The largest absolute Gasteiger partial charge is 0.381 e. The van der Waals surface area contributed by atoms with E-state index in [9.17, 15) is 4.91 Å². The highest BCUT2D eigenvalue weighted by Crippen LogP contribution is 2.28. The van der Waals surface area contributed by atoms with Gasteiger partial charge in [0.1, 0.15) is 17.3 Å². The zero-order valence-corrected chi connectivity index (χ0v) is 15.8. The SMILES string of the molecule is COC1CCN(c2nccc(Nc3cc(NC(C)C)c(N=O)cn3)n2)CC1. The van der Waals surface area contributed by atoms with E-state index >= 15 is 0 Å². The van der Waals surface area contributed by atoms with E-state index in [1.807, 2.05) is 13.8 Å². The Bertz CT molecular complexity index is 776. The van der Waals surface area contributed by atoms with Crippen LogP contribution in [0.5, 0.6) is 0 Å². The average Bonchev–Trinajstić information content (AvgIpc) is 2.68. The fraction of sp³-hybridized carbons (Fsp3) is 0.500. The number of ether oxygens (including phenoxy) is 1. The second kappa shape index (κ2) is 8.72. The lowest BCUT2D eigenvalue weighted by Gasteiger charge is -2.31. The third-order valence-electron chi connectivity index (χ3n) is 4.38. The van der Waals surface area contributed by atoms with E-state index < -0.39 is 0 Å². The van der Waals surface area contributed by atoms with Crippen molar-refractivity contribution in [2.24, 2.45) is 5.18 Å². The molecule has 1 saturated heterocycles. The second-order valence-electron chi connectivity index (χ2n) is 6.77. The zero-order valence-electron chi connectivity index (χ0n) is 15.8. The van der Waals surface area contributed by atoms with Gasteiger partial charge in [0, 0.05) is 38.5 Å². The zero-order chi connectivity index (χ0) is 19.2. The number of nitroso groups, excluding NO2 is 1. The monoisotopic (exact) mass is 371 g/mol. The van der Waals surface area contributed by atoms with E-state index in [2.05, 4.69) is 35.7 Å². The van der Waals surface area contributed by atoms with Gasteiger partial charge in [-0.05, 0) is 37.9 Å². The van der Waals surface area contributed by atoms with Gasteiger partial charge in [0.25, 0.3) is 0 Å². The molecule has 0 aliphatic carbocycles. The molecule has 1 aliphatic heterocycles. The summed E-state index contributed by atoms with van der Waals surface area (Å²) >= 11 is 0. The molecular formula is C18H25N7O2. The molecule has 9 nitrogen and oxygen atoms in total. The number of rotatable bonds is 7. The third kappa shape index (κ3) is 4.88. The fourth-order valence-electron chi connectivity index (χ4n) is 3.01. The Morgan fingerprint density at radius 2 is 2.04 bits per heavy atom. The minimum atomic E-state index is 0.168. The first-order chi connectivity index (χ1) is 13.1. The van der Waals surface area contributed by atoms with Crippen LogP contribution in [0.3, 0.4) is 0 Å². The van der Waals surface area contributed by atoms with E-state index in [0.717, 1.165) is 25.9 Å². The van der Waals surface area contributed by atoms with Crippen molar-refractivity contribution in [1.29, 1.82) is 0 Å². The Labute approximate surface area is 158 Å². The highest BCUT2D eigenvalue weighted by Gasteiger charge is 2.20. The molecule has 0 saturated carbocycles. The molecule has 0 aromatic carbocycles. The molecule has 2 aromatic heterocycles. The van der Waals surface area contributed by atoms with Crippen molar-refractivity contribution in [3.63, 3.8) is 0 Å². The molecule has 144 valence electrons. The average molecular weight is 371 g/mol. The van der Waals surface area contributed by atoms with Crippen LogP contribution in [-0.2, 0) is 4.74 Å². The summed E-state index contributed by atoms with van der Waals surface area (Å²) in [4.78, 5) is 26.3. The standard InChI is InChI=1S/C18H25N7O2/c1-12(2)21-14-10-17(20-11-15(14)24-26)22-16-4-7-19-18(23-16)25-8-5-13(27-3)6-9-25/h4,7,10-13H,5-6,8-9H2,1-3H3,(H2,19,20,21,22,23). The lowest BCUT2D eigenvalue weighted by molar-refractivity contribution is 0.0816. The summed E-state index contributed by atoms with van der Waals surface area (Å²) in [5, 5.41) is 9.38. The predicted molar refractivity (Wildman–Crippen MR) is 106 cm³/mol. The van der Waals surface area contributed by atoms with E-state index in [-0.39, 0.29) is 11.7 Å². The molecule has 9 heteroatoms. The molecule has 0 amide bonds. The lowest BCUT2D eigenvalue weighted by Crippen LogP contribution is -2.37. The summed E-state index contributed by atoms with van der Waals surface area (Å²) in [6, 6.07) is 3.71. The number of methoxy groups -OCH3 is 1. The Kier molecular flexibility index (Phi) is 6.12. The number of anilines is 4. The highest BCUT2D eigenvalue weighted by molar-refractivity contribution is 5.70. The summed E-state index contributed by atoms with van der Waals surface area (Å²) in [6.45, 7) is 5.71. The van der Waals surface area contributed by atoms with Crippen molar-refractivity contribution >= 4 is 29.0 Å². The molecule has 1 fully saturated rings. The van der Waals surface area contributed by atoms with Crippen LogP contribution in [0.15, 0.2) is 29.7 Å². The van der Waals surface area contributed by atoms with Crippen LogP contribution < -0.4 is 15.5 Å². The molecule has 2 aromatic rings. The summed E-state index contributed by atoms with van der Waals surface area (Å²) in [6.07, 6.45) is 5.40. The van der Waals surface area contributed by atoms with Crippen molar-refractivity contribution in [1.82, 2.24) is 15.0 Å². The molecule has 0 spiro atoms. The molecule has 1 aliphatic rings. The lowest BCUT2D eigenvalue weighted by atomic mass is 10.1. The van der Waals surface area contributed by atoms with Gasteiger partial charge in [0.05, 0.1) is 18.0 Å². The van der Waals surface area contributed by atoms with E-state index in [1.54, 1.807) is 25.4 Å². The van der Waals surface area contributed by atoms with Crippen LogP contribution in [-0.4, -0.2) is 47.3 Å². The normalized spacial score (nSPS) is 15.0. The van der Waals surface area contributed by atoms with Crippen LogP contribution in [0.4, 0.5) is 29.0 Å². The first-order valence-electron chi connectivity index (χ1n) is 9.06. The van der Waals surface area contributed by atoms with Gasteiger partial charge in [-0.2, -0.15) is 4.98 Å². The first kappa shape index (κ1) is 19.0. The van der Waals surface area contributed by atoms with Crippen molar-refractivity contribution in [2.75, 3.05) is 35.7 Å². The molecule has 2 N–H and O–H groups in total. The number of aromatic nitrogens is 3. The van der Waals surface area contributed by atoms with Crippen LogP contribution >= 0.6 is 0 Å². The summed E-state index contributed by atoms with van der Waals surface area (Å²) in [7, 11) is 1.75.